The molecule has 2 unspecified atom stereocenters. The number of hydrogen-bond donors (Lipinski definition) is 1. The van der Waals surface area contributed by atoms with Gasteiger partial charge in [0, 0.05) is 34.6 Å². The van der Waals surface area contributed by atoms with Crippen LogP contribution in [0.15, 0.2) is 173 Å². The molecule has 0 fully saturated rings. The molecule has 3 aromatic carbocycles. The summed E-state index contributed by atoms with van der Waals surface area (Å²) in [5.74, 6) is 1.54. The molecule has 2 aliphatic heterocycles. The normalized spacial score (nSPS) is 18.6. The molecule has 6 aromatic rings. The first-order valence-corrected chi connectivity index (χ1v) is 16.4. The maximum absolute atomic E-state index is 5.29. The van der Waals surface area contributed by atoms with Gasteiger partial charge in [-0.25, -0.2) is 15.0 Å². The molecule has 3 aromatic heterocycles. The summed E-state index contributed by atoms with van der Waals surface area (Å²) in [6.07, 6.45) is 8.66. The monoisotopic (exact) mass is 635 g/mol. The van der Waals surface area contributed by atoms with Gasteiger partial charge in [0.25, 0.3) is 0 Å². The van der Waals surface area contributed by atoms with Crippen LogP contribution >= 0.6 is 0 Å². The Labute approximate surface area is 285 Å². The minimum Gasteiger partial charge on any atom is -0.324 e. The molecule has 8 rings (SSSR count). The fraction of sp³-hybridized carbons (Fsp3) is 0.0952. The molecule has 0 saturated carbocycles. The van der Waals surface area contributed by atoms with E-state index in [0.29, 0.717) is 0 Å². The zero-order chi connectivity index (χ0) is 33.0. The van der Waals surface area contributed by atoms with Crippen molar-refractivity contribution >= 4 is 17.4 Å². The van der Waals surface area contributed by atoms with E-state index in [4.69, 9.17) is 20.0 Å². The maximum Gasteiger partial charge on any atom is 0.177 e. The molecule has 0 amide bonds. The Morgan fingerprint density at radius 3 is 1.84 bits per heavy atom. The minimum atomic E-state index is -0.797. The first kappa shape index (κ1) is 30.0. The number of aromatic nitrogens is 3. The molecule has 0 aliphatic carbocycles. The molecule has 5 heterocycles. The average molecular weight is 636 g/mol. The van der Waals surface area contributed by atoms with E-state index >= 15 is 0 Å². The fourth-order valence-electron chi connectivity index (χ4n) is 6.20. The van der Waals surface area contributed by atoms with Crippen molar-refractivity contribution in [2.75, 3.05) is 0 Å². The van der Waals surface area contributed by atoms with Gasteiger partial charge < -0.3 is 5.32 Å². The van der Waals surface area contributed by atoms with Crippen LogP contribution < -0.4 is 5.32 Å². The van der Waals surface area contributed by atoms with Gasteiger partial charge in [-0.1, -0.05) is 97.1 Å². The highest BCUT2D eigenvalue weighted by atomic mass is 15.2. The third-order valence-electron chi connectivity index (χ3n) is 8.71. The van der Waals surface area contributed by atoms with Crippen LogP contribution in [-0.2, 0) is 5.66 Å². The maximum atomic E-state index is 5.29. The topological polar surface area (TPSA) is 87.8 Å². The van der Waals surface area contributed by atoms with Gasteiger partial charge in [0.05, 0.1) is 34.5 Å². The number of rotatable bonds is 7. The van der Waals surface area contributed by atoms with E-state index < -0.39 is 5.66 Å². The second kappa shape index (κ2) is 13.0. The summed E-state index contributed by atoms with van der Waals surface area (Å²) in [6.45, 7) is 2.06. The molecule has 7 heteroatoms. The van der Waals surface area contributed by atoms with Crippen molar-refractivity contribution in [1.29, 1.82) is 0 Å². The van der Waals surface area contributed by atoms with Crippen molar-refractivity contribution in [2.24, 2.45) is 15.0 Å². The summed E-state index contributed by atoms with van der Waals surface area (Å²) in [4.78, 5) is 29.7. The predicted molar refractivity (Wildman–Crippen MR) is 197 cm³/mol. The molecule has 1 N–H and O–H groups in total. The first-order chi connectivity index (χ1) is 24.1. The SMILES string of the molecule is CC1(c2ccccc2)N=C(c2ccccc2)NC(c2cccc(C3=NC(c4cc(-c5ccccn5)nc(-c5ccccn5)c4)CC=C3)c2)=N1. The van der Waals surface area contributed by atoms with Gasteiger partial charge in [-0.3, -0.25) is 15.0 Å². The van der Waals surface area contributed by atoms with Crippen molar-refractivity contribution in [3.63, 3.8) is 0 Å². The van der Waals surface area contributed by atoms with Crippen LogP contribution in [0.1, 0.15) is 47.2 Å². The summed E-state index contributed by atoms with van der Waals surface area (Å²) in [5.41, 5.74) is 8.39. The van der Waals surface area contributed by atoms with Crippen molar-refractivity contribution in [1.82, 2.24) is 20.3 Å². The molecule has 2 atom stereocenters. The van der Waals surface area contributed by atoms with Gasteiger partial charge in [-0.05, 0) is 67.4 Å². The summed E-state index contributed by atoms with van der Waals surface area (Å²) in [6, 6.07) is 44.7. The molecule has 49 heavy (non-hydrogen) atoms. The summed E-state index contributed by atoms with van der Waals surface area (Å²) in [7, 11) is 0. The lowest BCUT2D eigenvalue weighted by Gasteiger charge is -2.30. The molecule has 0 radical (unpaired) electrons. The number of pyridine rings is 3. The van der Waals surface area contributed by atoms with Crippen LogP contribution in [0.3, 0.4) is 0 Å². The van der Waals surface area contributed by atoms with Crippen LogP contribution in [-0.4, -0.2) is 32.3 Å². The largest absolute Gasteiger partial charge is 0.324 e. The summed E-state index contributed by atoms with van der Waals surface area (Å²) >= 11 is 0. The molecule has 0 bridgehead atoms. The van der Waals surface area contributed by atoms with Crippen LogP contribution in [0.25, 0.3) is 22.8 Å². The standard InChI is InChI=1S/C42H33N7/c1-42(33-18-6-3-7-19-33)48-40(29-14-4-2-5-15-29)47-41(49-42)31-17-12-16-30(26-31)34-22-13-23-35(45-34)32-27-38(36-20-8-10-24-43-36)46-39(28-32)37-21-9-11-25-44-37/h2-22,24-28,35H,23H2,1H3,(H,47,48,49). The lowest BCUT2D eigenvalue weighted by molar-refractivity contribution is 0.518. The third kappa shape index (κ3) is 6.34. The predicted octanol–water partition coefficient (Wildman–Crippen LogP) is 8.37. The van der Waals surface area contributed by atoms with Gasteiger partial charge in [-0.2, -0.15) is 0 Å². The molecule has 7 nitrogen and oxygen atoms in total. The lowest BCUT2D eigenvalue weighted by atomic mass is 9.96. The Bertz CT molecular complexity index is 2170. The number of nitrogens with zero attached hydrogens (tertiary/aromatic N) is 6. The van der Waals surface area contributed by atoms with Crippen molar-refractivity contribution in [3.8, 4) is 22.8 Å². The number of benzene rings is 3. The highest BCUT2D eigenvalue weighted by Gasteiger charge is 2.31. The Morgan fingerprint density at radius 2 is 1.18 bits per heavy atom. The highest BCUT2D eigenvalue weighted by molar-refractivity contribution is 6.17. The quantitative estimate of drug-likeness (QED) is 0.191. The highest BCUT2D eigenvalue weighted by Crippen LogP contribution is 2.33. The fourth-order valence-corrected chi connectivity index (χ4v) is 6.20. The van der Waals surface area contributed by atoms with E-state index in [2.05, 4.69) is 95.0 Å². The molecule has 0 saturated heterocycles. The van der Waals surface area contributed by atoms with Crippen molar-refractivity contribution in [3.05, 3.63) is 186 Å². The number of aliphatic imine (C=N–C) groups is 3. The summed E-state index contributed by atoms with van der Waals surface area (Å²) < 4.78 is 0. The number of dihydropyridines is 1. The minimum absolute atomic E-state index is 0.0973. The van der Waals surface area contributed by atoms with Gasteiger partial charge in [0.2, 0.25) is 0 Å². The van der Waals surface area contributed by atoms with E-state index in [9.17, 15) is 0 Å². The summed E-state index contributed by atoms with van der Waals surface area (Å²) in [5, 5.41) is 3.54. The Hall–Kier alpha value is -6.34. The van der Waals surface area contributed by atoms with Gasteiger partial charge in [0.1, 0.15) is 11.7 Å². The molecule has 236 valence electrons. The first-order valence-electron chi connectivity index (χ1n) is 16.4. The average Bonchev–Trinajstić information content (AvgIpc) is 3.19. The third-order valence-corrected chi connectivity index (χ3v) is 8.71. The van der Waals surface area contributed by atoms with Crippen LogP contribution in [0.4, 0.5) is 0 Å². The van der Waals surface area contributed by atoms with Crippen LogP contribution in [0.2, 0.25) is 0 Å². The number of allylic oxidation sites excluding steroid dienone is 1. The van der Waals surface area contributed by atoms with E-state index in [1.807, 2.05) is 72.8 Å². The van der Waals surface area contributed by atoms with E-state index in [1.165, 1.54) is 0 Å². The van der Waals surface area contributed by atoms with E-state index in [1.54, 1.807) is 12.4 Å². The Morgan fingerprint density at radius 1 is 0.592 bits per heavy atom. The molecule has 2 aliphatic rings. The van der Waals surface area contributed by atoms with E-state index in [0.717, 1.165) is 74.4 Å². The Balaban J connectivity index is 1.16. The van der Waals surface area contributed by atoms with Crippen molar-refractivity contribution < 1.29 is 0 Å². The zero-order valence-corrected chi connectivity index (χ0v) is 27.0. The smallest absolute Gasteiger partial charge is 0.177 e. The molecular formula is C42H33N7. The second-order valence-electron chi connectivity index (χ2n) is 12.1. The van der Waals surface area contributed by atoms with Crippen molar-refractivity contribution in [2.45, 2.75) is 25.0 Å². The van der Waals surface area contributed by atoms with Crippen LogP contribution in [0.5, 0.6) is 0 Å². The van der Waals surface area contributed by atoms with Crippen LogP contribution in [0, 0.1) is 0 Å². The number of nitrogens with one attached hydrogen (secondary N) is 1. The molecule has 0 spiro atoms. The van der Waals surface area contributed by atoms with Gasteiger partial charge in [-0.15, -0.1) is 0 Å². The van der Waals surface area contributed by atoms with Gasteiger partial charge >= 0.3 is 0 Å². The Kier molecular flexibility index (Phi) is 7.99. The molecular weight excluding hydrogens is 603 g/mol. The second-order valence-corrected chi connectivity index (χ2v) is 12.1. The number of amidine groups is 2. The van der Waals surface area contributed by atoms with E-state index in [-0.39, 0.29) is 6.04 Å². The zero-order valence-electron chi connectivity index (χ0n) is 27.0. The number of hydrogen-bond acceptors (Lipinski definition) is 7. The lowest BCUT2D eigenvalue weighted by Crippen LogP contribution is -2.40. The van der Waals surface area contributed by atoms with Gasteiger partial charge in [0.15, 0.2) is 5.66 Å².